The molecule has 146 valence electrons. The molecule has 5 nitrogen and oxygen atoms in total. The van der Waals surface area contributed by atoms with Gasteiger partial charge in [-0.05, 0) is 30.3 Å². The molecule has 0 aromatic heterocycles. The van der Waals surface area contributed by atoms with E-state index in [-0.39, 0.29) is 22.2 Å². The van der Waals surface area contributed by atoms with Gasteiger partial charge in [0.25, 0.3) is 5.91 Å². The van der Waals surface area contributed by atoms with Crippen LogP contribution < -0.4 is 5.32 Å². The molecule has 0 unspecified atom stereocenters. The molecule has 0 fully saturated rings. The van der Waals surface area contributed by atoms with E-state index in [0.29, 0.717) is 28.6 Å². The fraction of sp³-hybridized carbons (Fsp3) is 0.278. The third kappa shape index (κ3) is 5.68. The van der Waals surface area contributed by atoms with E-state index in [9.17, 15) is 17.6 Å². The standard InChI is InChI=1S/C18H20ClFN2O3S2/c1-22(2)27(24,25)14-6-3-5-13(11-14)18(23)21-9-10-26-12-15-16(19)7-4-8-17(15)20/h3-8,11H,9-10,12H2,1-2H3,(H,21,23). The van der Waals surface area contributed by atoms with E-state index in [0.717, 1.165) is 4.31 Å². The SMILES string of the molecule is CN(C)S(=O)(=O)c1cccc(C(=O)NCCSCc2c(F)cccc2Cl)c1. The van der Waals surface area contributed by atoms with E-state index < -0.39 is 10.0 Å². The first-order valence-electron chi connectivity index (χ1n) is 8.05. The molecule has 0 saturated carbocycles. The van der Waals surface area contributed by atoms with Crippen molar-refractivity contribution in [2.45, 2.75) is 10.6 Å². The van der Waals surface area contributed by atoms with Gasteiger partial charge in [-0.15, -0.1) is 0 Å². The molecule has 2 aromatic rings. The van der Waals surface area contributed by atoms with E-state index in [1.807, 2.05) is 0 Å². The Morgan fingerprint density at radius 3 is 2.59 bits per heavy atom. The Morgan fingerprint density at radius 1 is 1.22 bits per heavy atom. The van der Waals surface area contributed by atoms with Crippen molar-refractivity contribution in [3.05, 3.63) is 64.4 Å². The molecule has 9 heteroatoms. The lowest BCUT2D eigenvalue weighted by Gasteiger charge is -2.12. The number of benzene rings is 2. The quantitative estimate of drug-likeness (QED) is 0.652. The van der Waals surface area contributed by atoms with E-state index in [2.05, 4.69) is 5.32 Å². The smallest absolute Gasteiger partial charge is 0.251 e. The van der Waals surface area contributed by atoms with Crippen LogP contribution in [0.25, 0.3) is 0 Å². The third-order valence-corrected chi connectivity index (χ3v) is 6.87. The van der Waals surface area contributed by atoms with E-state index in [1.54, 1.807) is 18.2 Å². The Balaban J connectivity index is 1.88. The van der Waals surface area contributed by atoms with Crippen molar-refractivity contribution >= 4 is 39.3 Å². The first-order chi connectivity index (χ1) is 12.7. The number of hydrogen-bond donors (Lipinski definition) is 1. The Morgan fingerprint density at radius 2 is 1.93 bits per heavy atom. The van der Waals surface area contributed by atoms with Crippen LogP contribution in [0.5, 0.6) is 0 Å². The summed E-state index contributed by atoms with van der Waals surface area (Å²) in [5, 5.41) is 3.11. The van der Waals surface area contributed by atoms with Gasteiger partial charge in [0, 0.05) is 48.3 Å². The lowest BCUT2D eigenvalue weighted by molar-refractivity contribution is 0.0956. The topological polar surface area (TPSA) is 66.5 Å². The van der Waals surface area contributed by atoms with Crippen LogP contribution in [0.4, 0.5) is 4.39 Å². The molecule has 0 heterocycles. The van der Waals surface area contributed by atoms with Crippen LogP contribution in [-0.2, 0) is 15.8 Å². The summed E-state index contributed by atoms with van der Waals surface area (Å²) in [5.41, 5.74) is 0.706. The summed E-state index contributed by atoms with van der Waals surface area (Å²) in [7, 11) is -0.736. The number of hydrogen-bond acceptors (Lipinski definition) is 4. The maximum atomic E-state index is 13.7. The highest BCUT2D eigenvalue weighted by Gasteiger charge is 2.18. The maximum Gasteiger partial charge on any atom is 0.251 e. The molecule has 0 bridgehead atoms. The molecule has 2 aromatic carbocycles. The van der Waals surface area contributed by atoms with E-state index in [4.69, 9.17) is 11.6 Å². The van der Waals surface area contributed by atoms with Gasteiger partial charge in [-0.1, -0.05) is 23.7 Å². The van der Waals surface area contributed by atoms with Crippen molar-refractivity contribution in [3.8, 4) is 0 Å². The number of carbonyl (C=O) groups excluding carboxylic acids is 1. The summed E-state index contributed by atoms with van der Waals surface area (Å²) in [6.07, 6.45) is 0. The van der Waals surface area contributed by atoms with Crippen LogP contribution in [0.15, 0.2) is 47.4 Å². The fourth-order valence-corrected chi connectivity index (χ4v) is 4.34. The van der Waals surface area contributed by atoms with Gasteiger partial charge in [0.2, 0.25) is 10.0 Å². The number of rotatable bonds is 8. The predicted octanol–water partition coefficient (Wildman–Crippen LogP) is 3.39. The summed E-state index contributed by atoms with van der Waals surface area (Å²) >= 11 is 7.41. The zero-order valence-electron chi connectivity index (χ0n) is 14.9. The summed E-state index contributed by atoms with van der Waals surface area (Å²) in [6, 6.07) is 10.4. The van der Waals surface area contributed by atoms with Crippen molar-refractivity contribution in [1.82, 2.24) is 9.62 Å². The molecule has 2 rings (SSSR count). The number of carbonyl (C=O) groups is 1. The van der Waals surface area contributed by atoms with Crippen LogP contribution in [0.3, 0.4) is 0 Å². The average Bonchev–Trinajstić information content (AvgIpc) is 2.63. The van der Waals surface area contributed by atoms with E-state index in [1.165, 1.54) is 50.1 Å². The summed E-state index contributed by atoms with van der Waals surface area (Å²) in [6.45, 7) is 0.361. The van der Waals surface area contributed by atoms with Gasteiger partial charge in [0.05, 0.1) is 4.90 Å². The monoisotopic (exact) mass is 430 g/mol. The largest absolute Gasteiger partial charge is 0.351 e. The molecular formula is C18H20ClFN2O3S2. The number of thioether (sulfide) groups is 1. The van der Waals surface area contributed by atoms with Crippen LogP contribution in [0, 0.1) is 5.82 Å². The number of halogens is 2. The third-order valence-electron chi connectivity index (χ3n) is 3.71. The van der Waals surface area contributed by atoms with Crippen LogP contribution in [0.2, 0.25) is 5.02 Å². The minimum absolute atomic E-state index is 0.0590. The first-order valence-corrected chi connectivity index (χ1v) is 11.0. The second-order valence-corrected chi connectivity index (χ2v) is 9.49. The van der Waals surface area contributed by atoms with Gasteiger partial charge < -0.3 is 5.32 Å². The predicted molar refractivity (Wildman–Crippen MR) is 107 cm³/mol. The number of nitrogens with one attached hydrogen (secondary N) is 1. The van der Waals surface area contributed by atoms with Gasteiger partial charge in [-0.25, -0.2) is 17.1 Å². The lowest BCUT2D eigenvalue weighted by atomic mass is 10.2. The molecule has 1 N–H and O–H groups in total. The Kier molecular flexibility index (Phi) is 7.67. The van der Waals surface area contributed by atoms with Crippen LogP contribution in [0.1, 0.15) is 15.9 Å². The fourth-order valence-electron chi connectivity index (χ4n) is 2.19. The molecule has 0 saturated heterocycles. The molecule has 0 spiro atoms. The minimum atomic E-state index is -3.60. The Hall–Kier alpha value is -1.61. The van der Waals surface area contributed by atoms with Crippen molar-refractivity contribution in [2.24, 2.45) is 0 Å². The van der Waals surface area contributed by atoms with Crippen molar-refractivity contribution in [2.75, 3.05) is 26.4 Å². The minimum Gasteiger partial charge on any atom is -0.351 e. The molecular weight excluding hydrogens is 411 g/mol. The lowest BCUT2D eigenvalue weighted by Crippen LogP contribution is -2.27. The highest BCUT2D eigenvalue weighted by Crippen LogP contribution is 2.23. The number of sulfonamides is 1. The summed E-state index contributed by atoms with van der Waals surface area (Å²) in [5.74, 6) is 0.248. The highest BCUT2D eigenvalue weighted by molar-refractivity contribution is 7.98. The Bertz CT molecular complexity index is 900. The molecule has 1 amide bonds. The molecule has 27 heavy (non-hydrogen) atoms. The normalized spacial score (nSPS) is 11.6. The Labute approximate surface area is 168 Å². The van der Waals surface area contributed by atoms with Crippen molar-refractivity contribution < 1.29 is 17.6 Å². The summed E-state index contributed by atoms with van der Waals surface area (Å²) < 4.78 is 39.1. The molecule has 0 atom stereocenters. The molecule has 0 aliphatic heterocycles. The van der Waals surface area contributed by atoms with E-state index >= 15 is 0 Å². The van der Waals surface area contributed by atoms with Gasteiger partial charge in [-0.3, -0.25) is 4.79 Å². The first kappa shape index (κ1) is 21.7. The number of nitrogens with zero attached hydrogens (tertiary/aromatic N) is 1. The van der Waals surface area contributed by atoms with Gasteiger partial charge in [0.1, 0.15) is 5.82 Å². The maximum absolute atomic E-state index is 13.7. The average molecular weight is 431 g/mol. The highest BCUT2D eigenvalue weighted by atomic mass is 35.5. The van der Waals surface area contributed by atoms with Gasteiger partial charge >= 0.3 is 0 Å². The van der Waals surface area contributed by atoms with Crippen LogP contribution in [-0.4, -0.2) is 45.0 Å². The number of amides is 1. The second kappa shape index (κ2) is 9.54. The van der Waals surface area contributed by atoms with Gasteiger partial charge in [-0.2, -0.15) is 11.8 Å². The molecule has 0 aliphatic rings. The molecule has 0 aliphatic carbocycles. The van der Waals surface area contributed by atoms with Gasteiger partial charge in [0.15, 0.2) is 0 Å². The second-order valence-electron chi connectivity index (χ2n) is 5.82. The molecule has 0 radical (unpaired) electrons. The van der Waals surface area contributed by atoms with Crippen molar-refractivity contribution in [3.63, 3.8) is 0 Å². The van der Waals surface area contributed by atoms with Crippen LogP contribution >= 0.6 is 23.4 Å². The van der Waals surface area contributed by atoms with Crippen molar-refractivity contribution in [1.29, 1.82) is 0 Å². The summed E-state index contributed by atoms with van der Waals surface area (Å²) in [4.78, 5) is 12.3. The zero-order chi connectivity index (χ0) is 20.0. The zero-order valence-corrected chi connectivity index (χ0v) is 17.3.